The van der Waals surface area contributed by atoms with Gasteiger partial charge in [-0.25, -0.2) is 9.78 Å². The van der Waals surface area contributed by atoms with Crippen LogP contribution in [-0.2, 0) is 4.79 Å². The molecule has 1 aromatic carbocycles. The van der Waals surface area contributed by atoms with E-state index in [2.05, 4.69) is 31.1 Å². The van der Waals surface area contributed by atoms with Crippen molar-refractivity contribution in [1.29, 1.82) is 0 Å². The maximum absolute atomic E-state index is 11.4. The second kappa shape index (κ2) is 7.25. The van der Waals surface area contributed by atoms with Crippen molar-refractivity contribution in [2.24, 2.45) is 0 Å². The van der Waals surface area contributed by atoms with Gasteiger partial charge in [0.25, 0.3) is 0 Å². The SMILES string of the molecule is O=C(O)/C(=C/c1ccc(Br)o1)Sc1n[nH]c(-c2ccc(Cl)cc2)n1. The number of thioether (sulfide) groups is 1. The number of nitrogens with zero attached hydrogens (tertiary/aromatic N) is 2. The summed E-state index contributed by atoms with van der Waals surface area (Å²) in [5.74, 6) is -0.148. The van der Waals surface area contributed by atoms with Crippen LogP contribution in [0.3, 0.4) is 0 Å². The normalized spacial score (nSPS) is 11.7. The third kappa shape index (κ3) is 4.08. The van der Waals surface area contributed by atoms with Crippen molar-refractivity contribution in [3.63, 3.8) is 0 Å². The number of aliphatic carboxylic acids is 1. The zero-order valence-corrected chi connectivity index (χ0v) is 15.0. The molecule has 2 aromatic heterocycles. The molecule has 0 bridgehead atoms. The molecule has 122 valence electrons. The minimum Gasteiger partial charge on any atom is -0.477 e. The second-order valence-corrected chi connectivity index (χ2v) is 6.76. The molecular weight excluding hydrogens is 418 g/mol. The molecule has 0 aliphatic rings. The predicted octanol–water partition coefficient (Wildman–Crippen LogP) is 4.70. The van der Waals surface area contributed by atoms with Gasteiger partial charge < -0.3 is 9.52 Å². The van der Waals surface area contributed by atoms with E-state index in [1.54, 1.807) is 36.4 Å². The van der Waals surface area contributed by atoms with Crippen LogP contribution in [0.1, 0.15) is 5.76 Å². The average molecular weight is 427 g/mol. The van der Waals surface area contributed by atoms with Crippen LogP contribution >= 0.6 is 39.3 Å². The molecule has 3 rings (SSSR count). The monoisotopic (exact) mass is 425 g/mol. The molecule has 2 N–H and O–H groups in total. The largest absolute Gasteiger partial charge is 0.477 e. The van der Waals surface area contributed by atoms with Gasteiger partial charge >= 0.3 is 5.97 Å². The lowest BCUT2D eigenvalue weighted by atomic mass is 10.2. The van der Waals surface area contributed by atoms with E-state index in [-0.39, 0.29) is 4.91 Å². The lowest BCUT2D eigenvalue weighted by Crippen LogP contribution is -1.97. The highest BCUT2D eigenvalue weighted by atomic mass is 79.9. The fourth-order valence-electron chi connectivity index (χ4n) is 1.80. The highest BCUT2D eigenvalue weighted by Crippen LogP contribution is 2.28. The molecule has 0 saturated heterocycles. The first-order valence-corrected chi connectivity index (χ1v) is 8.56. The van der Waals surface area contributed by atoms with E-state index in [4.69, 9.17) is 16.0 Å². The number of halogens is 2. The van der Waals surface area contributed by atoms with Crippen molar-refractivity contribution in [2.75, 3.05) is 0 Å². The number of aromatic amines is 1. The van der Waals surface area contributed by atoms with E-state index in [1.807, 2.05) is 0 Å². The van der Waals surface area contributed by atoms with E-state index in [9.17, 15) is 9.90 Å². The number of furan rings is 1. The highest BCUT2D eigenvalue weighted by molar-refractivity contribution is 9.10. The first-order valence-electron chi connectivity index (χ1n) is 6.58. The van der Waals surface area contributed by atoms with Crippen LogP contribution in [0.5, 0.6) is 0 Å². The molecule has 0 unspecified atom stereocenters. The van der Waals surface area contributed by atoms with E-state index in [0.717, 1.165) is 17.3 Å². The van der Waals surface area contributed by atoms with Gasteiger partial charge in [0.05, 0.1) is 0 Å². The van der Waals surface area contributed by atoms with Gasteiger partial charge in [0.15, 0.2) is 10.5 Å². The van der Waals surface area contributed by atoms with Gasteiger partial charge in [0.1, 0.15) is 10.7 Å². The Morgan fingerprint density at radius 3 is 2.67 bits per heavy atom. The summed E-state index contributed by atoms with van der Waals surface area (Å²) in [6, 6.07) is 10.4. The van der Waals surface area contributed by atoms with Crippen molar-refractivity contribution in [1.82, 2.24) is 15.2 Å². The molecule has 0 fully saturated rings. The van der Waals surface area contributed by atoms with Gasteiger partial charge in [0.2, 0.25) is 5.16 Å². The number of H-pyrrole nitrogens is 1. The number of nitrogens with one attached hydrogen (secondary N) is 1. The predicted molar refractivity (Wildman–Crippen MR) is 94.7 cm³/mol. The summed E-state index contributed by atoms with van der Waals surface area (Å²) in [7, 11) is 0. The average Bonchev–Trinajstić information content (AvgIpc) is 3.17. The van der Waals surface area contributed by atoms with Crippen LogP contribution in [0.25, 0.3) is 17.5 Å². The van der Waals surface area contributed by atoms with Crippen molar-refractivity contribution < 1.29 is 14.3 Å². The first kappa shape index (κ1) is 16.8. The quantitative estimate of drug-likeness (QED) is 0.454. The van der Waals surface area contributed by atoms with Crippen molar-refractivity contribution in [3.8, 4) is 11.4 Å². The Morgan fingerprint density at radius 1 is 1.29 bits per heavy atom. The number of carbonyl (C=O) groups is 1. The van der Waals surface area contributed by atoms with Crippen LogP contribution in [0.15, 0.2) is 55.5 Å². The van der Waals surface area contributed by atoms with E-state index >= 15 is 0 Å². The zero-order chi connectivity index (χ0) is 17.1. The van der Waals surface area contributed by atoms with E-state index < -0.39 is 5.97 Å². The van der Waals surface area contributed by atoms with Crippen LogP contribution in [0.4, 0.5) is 0 Å². The molecule has 0 atom stereocenters. The Kier molecular flexibility index (Phi) is 5.08. The summed E-state index contributed by atoms with van der Waals surface area (Å²) in [5.41, 5.74) is 0.801. The molecular formula is C15H9BrClN3O3S. The maximum Gasteiger partial charge on any atom is 0.342 e. The third-order valence-corrected chi connectivity index (χ3v) is 4.42. The molecule has 0 spiro atoms. The summed E-state index contributed by atoms with van der Waals surface area (Å²) in [6.07, 6.45) is 1.41. The lowest BCUT2D eigenvalue weighted by molar-refractivity contribution is -0.131. The molecule has 24 heavy (non-hydrogen) atoms. The summed E-state index contributed by atoms with van der Waals surface area (Å²) in [6.45, 7) is 0. The molecule has 2 heterocycles. The summed E-state index contributed by atoms with van der Waals surface area (Å²) in [4.78, 5) is 15.7. The van der Waals surface area contributed by atoms with E-state index in [1.165, 1.54) is 6.08 Å². The number of benzene rings is 1. The van der Waals surface area contributed by atoms with Crippen LogP contribution in [0.2, 0.25) is 5.02 Å². The summed E-state index contributed by atoms with van der Waals surface area (Å²) >= 11 is 9.95. The fraction of sp³-hybridized carbons (Fsp3) is 0. The van der Waals surface area contributed by atoms with Crippen molar-refractivity contribution >= 4 is 51.3 Å². The highest BCUT2D eigenvalue weighted by Gasteiger charge is 2.15. The maximum atomic E-state index is 11.4. The second-order valence-electron chi connectivity index (χ2n) is 4.53. The van der Waals surface area contributed by atoms with Gasteiger partial charge in [-0.1, -0.05) is 11.6 Å². The Bertz CT molecular complexity index is 905. The van der Waals surface area contributed by atoms with Gasteiger partial charge in [0, 0.05) is 16.7 Å². The molecule has 3 aromatic rings. The Labute approximate surface area is 154 Å². The molecule has 0 aliphatic carbocycles. The number of rotatable bonds is 5. The summed E-state index contributed by atoms with van der Waals surface area (Å²) < 4.78 is 5.81. The molecule has 0 radical (unpaired) electrons. The molecule has 6 nitrogen and oxygen atoms in total. The van der Waals surface area contributed by atoms with Crippen LogP contribution in [-0.4, -0.2) is 26.3 Å². The van der Waals surface area contributed by atoms with E-state index in [0.29, 0.717) is 26.4 Å². The van der Waals surface area contributed by atoms with Gasteiger partial charge in [-0.15, -0.1) is 5.10 Å². The fourth-order valence-corrected chi connectivity index (χ4v) is 2.93. The standard InChI is InChI=1S/C15H9BrClN3O3S/c16-12-6-5-10(23-12)7-11(14(21)22)24-15-18-13(19-20-15)8-1-3-9(17)4-2-8/h1-7H,(H,21,22)(H,18,19,20)/b11-7-. The first-order chi connectivity index (χ1) is 11.5. The molecule has 0 amide bonds. The topological polar surface area (TPSA) is 92.0 Å². The number of carboxylic acid groups (broad SMARTS) is 1. The Hall–Kier alpha value is -2.03. The van der Waals surface area contributed by atoms with Gasteiger partial charge in [-0.2, -0.15) is 0 Å². The molecule has 0 saturated carbocycles. The smallest absolute Gasteiger partial charge is 0.342 e. The van der Waals surface area contributed by atoms with Crippen molar-refractivity contribution in [3.05, 3.63) is 56.8 Å². The number of carboxylic acids is 1. The zero-order valence-electron chi connectivity index (χ0n) is 11.9. The number of hydrogen-bond acceptors (Lipinski definition) is 5. The number of aromatic nitrogens is 3. The Morgan fingerprint density at radius 2 is 2.04 bits per heavy atom. The van der Waals surface area contributed by atoms with Crippen LogP contribution < -0.4 is 0 Å². The molecule has 0 aliphatic heterocycles. The third-order valence-electron chi connectivity index (χ3n) is 2.86. The Balaban J connectivity index is 1.82. The number of hydrogen-bond donors (Lipinski definition) is 2. The van der Waals surface area contributed by atoms with Gasteiger partial charge in [-0.05, 0) is 64.1 Å². The van der Waals surface area contributed by atoms with Crippen LogP contribution in [0, 0.1) is 0 Å². The minimum absolute atomic E-state index is 0.0403. The lowest BCUT2D eigenvalue weighted by Gasteiger charge is -1.97. The van der Waals surface area contributed by atoms with Crippen molar-refractivity contribution in [2.45, 2.75) is 5.16 Å². The minimum atomic E-state index is -1.09. The molecule has 9 heteroatoms. The van der Waals surface area contributed by atoms with Gasteiger partial charge in [-0.3, -0.25) is 5.10 Å². The summed E-state index contributed by atoms with van der Waals surface area (Å²) in [5, 5.41) is 17.1.